The molecule has 1 aromatic rings. The fourth-order valence-electron chi connectivity index (χ4n) is 1.64. The van der Waals surface area contributed by atoms with Crippen LogP contribution in [0.15, 0.2) is 18.2 Å². The molecule has 0 bridgehead atoms. The van der Waals surface area contributed by atoms with Crippen molar-refractivity contribution in [1.29, 1.82) is 0 Å². The number of hydrogen-bond donors (Lipinski definition) is 1. The summed E-state index contributed by atoms with van der Waals surface area (Å²) in [5, 5.41) is 9.54. The minimum absolute atomic E-state index is 0.286. The second-order valence-corrected chi connectivity index (χ2v) is 6.33. The predicted molar refractivity (Wildman–Crippen MR) is 79.1 cm³/mol. The molecule has 1 heterocycles. The second kappa shape index (κ2) is 5.66. The molecule has 0 saturated carbocycles. The van der Waals surface area contributed by atoms with E-state index in [2.05, 4.69) is 22.6 Å². The smallest absolute Gasteiger partial charge is 0.327 e. The highest BCUT2D eigenvalue weighted by molar-refractivity contribution is 14.1. The average Bonchev–Trinajstić information content (AvgIpc) is 2.81. The molecule has 1 N–H and O–H groups in total. The van der Waals surface area contributed by atoms with Crippen molar-refractivity contribution in [2.45, 2.75) is 6.04 Å². The highest BCUT2D eigenvalue weighted by atomic mass is 127. The third kappa shape index (κ3) is 2.75. The summed E-state index contributed by atoms with van der Waals surface area (Å²) in [5.41, 5.74) is 0.425. The molecule has 1 aliphatic rings. The van der Waals surface area contributed by atoms with Crippen molar-refractivity contribution in [3.05, 3.63) is 32.4 Å². The van der Waals surface area contributed by atoms with Crippen molar-refractivity contribution in [2.75, 3.05) is 11.6 Å². The fraction of sp³-hybridized carbons (Fsp3) is 0.273. The lowest BCUT2D eigenvalue weighted by Crippen LogP contribution is -2.41. The van der Waals surface area contributed by atoms with Crippen molar-refractivity contribution in [1.82, 2.24) is 4.90 Å². The number of thioether (sulfide) groups is 1. The monoisotopic (exact) mass is 397 g/mol. The van der Waals surface area contributed by atoms with E-state index < -0.39 is 12.0 Å². The van der Waals surface area contributed by atoms with Gasteiger partial charge in [0.1, 0.15) is 6.04 Å². The van der Waals surface area contributed by atoms with Crippen LogP contribution < -0.4 is 0 Å². The van der Waals surface area contributed by atoms with Crippen molar-refractivity contribution in [3.63, 3.8) is 0 Å². The number of amides is 1. The highest BCUT2D eigenvalue weighted by Gasteiger charge is 2.35. The van der Waals surface area contributed by atoms with E-state index in [0.29, 0.717) is 22.2 Å². The zero-order chi connectivity index (χ0) is 13.3. The number of hydrogen-bond acceptors (Lipinski definition) is 3. The van der Waals surface area contributed by atoms with E-state index in [0.717, 1.165) is 3.57 Å². The molecule has 1 saturated heterocycles. The molecule has 1 amide bonds. The predicted octanol–water partition coefficient (Wildman–Crippen LogP) is 2.54. The summed E-state index contributed by atoms with van der Waals surface area (Å²) in [7, 11) is 0. The van der Waals surface area contributed by atoms with Crippen molar-refractivity contribution in [2.24, 2.45) is 0 Å². The lowest BCUT2D eigenvalue weighted by Gasteiger charge is -2.20. The van der Waals surface area contributed by atoms with E-state index in [4.69, 9.17) is 16.7 Å². The molecule has 0 spiro atoms. The van der Waals surface area contributed by atoms with Crippen LogP contribution in [0, 0.1) is 3.57 Å². The fourth-order valence-corrected chi connectivity index (χ4v) is 3.30. The van der Waals surface area contributed by atoms with Crippen LogP contribution in [0.5, 0.6) is 0 Å². The first-order valence-electron chi connectivity index (χ1n) is 5.07. The number of halogens is 2. The third-order valence-electron chi connectivity index (χ3n) is 2.59. The van der Waals surface area contributed by atoms with E-state index >= 15 is 0 Å². The van der Waals surface area contributed by atoms with Gasteiger partial charge in [0.15, 0.2) is 0 Å². The molecule has 4 nitrogen and oxygen atoms in total. The molecule has 18 heavy (non-hydrogen) atoms. The number of carboxylic acid groups (broad SMARTS) is 1. The van der Waals surface area contributed by atoms with Crippen molar-refractivity contribution >= 4 is 57.8 Å². The Hall–Kier alpha value is -0.470. The van der Waals surface area contributed by atoms with E-state index in [1.54, 1.807) is 18.2 Å². The Kier molecular flexibility index (Phi) is 4.39. The molecule has 7 heteroatoms. The van der Waals surface area contributed by atoms with Gasteiger partial charge in [0, 0.05) is 14.9 Å². The number of aliphatic carboxylic acids is 1. The molecular weight excluding hydrogens is 389 g/mol. The number of benzene rings is 1. The van der Waals surface area contributed by atoms with Crippen LogP contribution in [0.2, 0.25) is 5.02 Å². The van der Waals surface area contributed by atoms with Crippen molar-refractivity contribution in [3.8, 4) is 0 Å². The summed E-state index contributed by atoms with van der Waals surface area (Å²) in [6.07, 6.45) is 0. The lowest BCUT2D eigenvalue weighted by molar-refractivity contribution is -0.140. The van der Waals surface area contributed by atoms with Crippen LogP contribution in [0.3, 0.4) is 0 Å². The molecule has 1 aliphatic heterocycles. The van der Waals surface area contributed by atoms with Crippen LogP contribution >= 0.6 is 46.0 Å². The van der Waals surface area contributed by atoms with Crippen LogP contribution in [0.25, 0.3) is 0 Å². The van der Waals surface area contributed by atoms with Crippen molar-refractivity contribution < 1.29 is 14.7 Å². The Morgan fingerprint density at radius 2 is 2.22 bits per heavy atom. The molecule has 1 fully saturated rings. The molecular formula is C11H9ClINO3S. The summed E-state index contributed by atoms with van der Waals surface area (Å²) in [4.78, 5) is 24.6. The van der Waals surface area contributed by atoms with Gasteiger partial charge in [-0.15, -0.1) is 11.8 Å². The number of carbonyl (C=O) groups is 2. The van der Waals surface area contributed by atoms with Gasteiger partial charge in [-0.3, -0.25) is 4.79 Å². The van der Waals surface area contributed by atoms with Crippen LogP contribution in [-0.4, -0.2) is 39.6 Å². The molecule has 96 valence electrons. The van der Waals surface area contributed by atoms with E-state index in [1.807, 2.05) is 0 Å². The minimum Gasteiger partial charge on any atom is -0.480 e. The van der Waals surface area contributed by atoms with Gasteiger partial charge in [-0.05, 0) is 40.8 Å². The van der Waals surface area contributed by atoms with Gasteiger partial charge in [0.05, 0.1) is 10.9 Å². The van der Waals surface area contributed by atoms with Gasteiger partial charge in [-0.1, -0.05) is 11.6 Å². The van der Waals surface area contributed by atoms with Crippen LogP contribution in [0.4, 0.5) is 0 Å². The zero-order valence-electron chi connectivity index (χ0n) is 9.10. The molecule has 0 radical (unpaired) electrons. The first-order chi connectivity index (χ1) is 8.50. The number of carboxylic acids is 1. The maximum atomic E-state index is 12.2. The summed E-state index contributed by atoms with van der Waals surface area (Å²) in [5.74, 6) is -0.422. The Balaban J connectivity index is 2.25. The Morgan fingerprint density at radius 3 is 2.83 bits per heavy atom. The maximum absolute atomic E-state index is 12.2. The van der Waals surface area contributed by atoms with E-state index in [9.17, 15) is 9.59 Å². The molecule has 0 aromatic heterocycles. The normalized spacial score (nSPS) is 19.0. The molecule has 2 rings (SSSR count). The minimum atomic E-state index is -0.968. The summed E-state index contributed by atoms with van der Waals surface area (Å²) in [6.45, 7) is 0. The van der Waals surface area contributed by atoms with Gasteiger partial charge < -0.3 is 10.0 Å². The Labute approximate surface area is 127 Å². The maximum Gasteiger partial charge on any atom is 0.327 e. The van der Waals surface area contributed by atoms with E-state index in [-0.39, 0.29) is 5.91 Å². The molecule has 1 atom stereocenters. The summed E-state index contributed by atoms with van der Waals surface area (Å²) < 4.78 is 0.858. The highest BCUT2D eigenvalue weighted by Crippen LogP contribution is 2.25. The number of carbonyl (C=O) groups excluding carboxylic acids is 1. The zero-order valence-corrected chi connectivity index (χ0v) is 12.8. The largest absolute Gasteiger partial charge is 0.480 e. The van der Waals surface area contributed by atoms with Crippen LogP contribution in [0.1, 0.15) is 10.4 Å². The Bertz CT molecular complexity index is 511. The standard InChI is InChI=1S/C11H9ClINO3S/c12-7-3-6(1-2-8(7)13)10(15)14-5-18-4-9(14)11(16)17/h1-3,9H,4-5H2,(H,16,17). The van der Waals surface area contributed by atoms with E-state index in [1.165, 1.54) is 16.7 Å². The topological polar surface area (TPSA) is 57.6 Å². The molecule has 1 unspecified atom stereocenters. The summed E-state index contributed by atoms with van der Waals surface area (Å²) in [6, 6.07) is 4.24. The van der Waals surface area contributed by atoms with Crippen LogP contribution in [-0.2, 0) is 4.79 Å². The first-order valence-corrected chi connectivity index (χ1v) is 7.68. The van der Waals surface area contributed by atoms with Gasteiger partial charge in [0.2, 0.25) is 0 Å². The SMILES string of the molecule is O=C(O)C1CSCN1C(=O)c1ccc(I)c(Cl)c1. The number of rotatable bonds is 2. The summed E-state index contributed by atoms with van der Waals surface area (Å²) >= 11 is 9.47. The van der Waals surface area contributed by atoms with Gasteiger partial charge in [-0.2, -0.15) is 0 Å². The number of nitrogens with zero attached hydrogens (tertiary/aromatic N) is 1. The molecule has 0 aliphatic carbocycles. The quantitative estimate of drug-likeness (QED) is 0.779. The average molecular weight is 398 g/mol. The Morgan fingerprint density at radius 1 is 1.50 bits per heavy atom. The van der Waals surface area contributed by atoms with Gasteiger partial charge >= 0.3 is 5.97 Å². The lowest BCUT2D eigenvalue weighted by atomic mass is 10.2. The first kappa shape index (κ1) is 14.0. The second-order valence-electron chi connectivity index (χ2n) is 3.76. The van der Waals surface area contributed by atoms with Gasteiger partial charge in [-0.25, -0.2) is 4.79 Å². The third-order valence-corrected chi connectivity index (χ3v) is 5.18. The molecule has 1 aromatic carbocycles. The van der Waals surface area contributed by atoms with Gasteiger partial charge in [0.25, 0.3) is 5.91 Å².